The molecule has 126 valence electrons. The van der Waals surface area contributed by atoms with Crippen molar-refractivity contribution in [2.24, 2.45) is 0 Å². The average Bonchev–Trinajstić information content (AvgIpc) is 2.60. The van der Waals surface area contributed by atoms with Crippen LogP contribution in [0.2, 0.25) is 0 Å². The minimum Gasteiger partial charge on any atom is -0.347 e. The Labute approximate surface area is 147 Å². The first-order valence-electron chi connectivity index (χ1n) is 8.12. The van der Waals surface area contributed by atoms with E-state index in [1.165, 1.54) is 0 Å². The molecule has 5 heteroatoms. The normalized spacial score (nSPS) is 10.3. The summed E-state index contributed by atoms with van der Waals surface area (Å²) in [4.78, 5) is 21.1. The summed E-state index contributed by atoms with van der Waals surface area (Å²) in [6.45, 7) is 4.32. The number of nitrogens with zero attached hydrogens (tertiary/aromatic N) is 2. The van der Waals surface area contributed by atoms with Gasteiger partial charge in [0.1, 0.15) is 5.69 Å². The number of anilines is 2. The molecule has 0 fully saturated rings. The quantitative estimate of drug-likeness (QED) is 0.746. The molecule has 0 spiro atoms. The van der Waals surface area contributed by atoms with Gasteiger partial charge in [-0.3, -0.25) is 4.79 Å². The number of nitrogens with one attached hydrogen (secondary N) is 2. The second-order valence-corrected chi connectivity index (χ2v) is 5.88. The Morgan fingerprint density at radius 2 is 1.76 bits per heavy atom. The summed E-state index contributed by atoms with van der Waals surface area (Å²) in [5.41, 5.74) is 4.15. The van der Waals surface area contributed by atoms with Crippen molar-refractivity contribution < 1.29 is 4.79 Å². The first-order valence-corrected chi connectivity index (χ1v) is 8.12. The van der Waals surface area contributed by atoms with Crippen molar-refractivity contribution >= 4 is 17.5 Å². The van der Waals surface area contributed by atoms with E-state index in [0.29, 0.717) is 18.2 Å². The third-order valence-electron chi connectivity index (χ3n) is 3.66. The van der Waals surface area contributed by atoms with Crippen LogP contribution >= 0.6 is 0 Å². The molecule has 2 aromatic carbocycles. The fourth-order valence-corrected chi connectivity index (χ4v) is 2.46. The molecule has 0 aliphatic heterocycles. The van der Waals surface area contributed by atoms with E-state index in [4.69, 9.17) is 0 Å². The largest absolute Gasteiger partial charge is 0.347 e. The Morgan fingerprint density at radius 3 is 2.52 bits per heavy atom. The summed E-state index contributed by atoms with van der Waals surface area (Å²) in [6.07, 6.45) is 0. The van der Waals surface area contributed by atoms with Crippen LogP contribution in [-0.2, 0) is 6.54 Å². The number of rotatable bonds is 5. The predicted molar refractivity (Wildman–Crippen MR) is 98.8 cm³/mol. The molecule has 1 heterocycles. The lowest BCUT2D eigenvalue weighted by Gasteiger charge is -2.09. The fraction of sp³-hybridized carbons (Fsp3) is 0.150. The van der Waals surface area contributed by atoms with Gasteiger partial charge in [-0.1, -0.05) is 42.5 Å². The maximum absolute atomic E-state index is 12.4. The molecule has 0 saturated carbocycles. The van der Waals surface area contributed by atoms with Crippen LogP contribution in [0.3, 0.4) is 0 Å². The third kappa shape index (κ3) is 4.64. The second-order valence-electron chi connectivity index (χ2n) is 5.88. The molecular formula is C20H20N4O. The highest BCUT2D eigenvalue weighted by molar-refractivity contribution is 5.92. The van der Waals surface area contributed by atoms with E-state index < -0.39 is 0 Å². The van der Waals surface area contributed by atoms with Crippen molar-refractivity contribution in [2.45, 2.75) is 20.4 Å². The van der Waals surface area contributed by atoms with Gasteiger partial charge in [-0.05, 0) is 43.2 Å². The zero-order valence-electron chi connectivity index (χ0n) is 14.3. The smallest absolute Gasteiger partial charge is 0.270 e. The zero-order valence-corrected chi connectivity index (χ0v) is 14.3. The van der Waals surface area contributed by atoms with Gasteiger partial charge in [0.05, 0.1) is 0 Å². The van der Waals surface area contributed by atoms with Crippen LogP contribution < -0.4 is 10.6 Å². The van der Waals surface area contributed by atoms with E-state index in [0.717, 1.165) is 22.5 Å². The van der Waals surface area contributed by atoms with E-state index >= 15 is 0 Å². The molecule has 2 N–H and O–H groups in total. The standard InChI is InChI=1S/C20H20N4O/c1-14-7-6-10-17(11-14)23-20-22-15(2)12-18(24-20)19(25)21-13-16-8-4-3-5-9-16/h3-12H,13H2,1-2H3,(H,21,25)(H,22,23,24). The molecule has 25 heavy (non-hydrogen) atoms. The monoisotopic (exact) mass is 332 g/mol. The van der Waals surface area contributed by atoms with Crippen LogP contribution in [0.5, 0.6) is 0 Å². The number of amides is 1. The summed E-state index contributed by atoms with van der Waals surface area (Å²) in [7, 11) is 0. The predicted octanol–water partition coefficient (Wildman–Crippen LogP) is 3.77. The number of carbonyl (C=O) groups is 1. The van der Waals surface area contributed by atoms with Crippen molar-refractivity contribution in [3.63, 3.8) is 0 Å². The summed E-state index contributed by atoms with van der Waals surface area (Å²) in [5, 5.41) is 6.04. The fourth-order valence-electron chi connectivity index (χ4n) is 2.46. The van der Waals surface area contributed by atoms with E-state index in [1.807, 2.05) is 68.4 Å². The number of benzene rings is 2. The van der Waals surface area contributed by atoms with Crippen molar-refractivity contribution in [2.75, 3.05) is 5.32 Å². The maximum Gasteiger partial charge on any atom is 0.270 e. The molecule has 0 aliphatic carbocycles. The summed E-state index contributed by atoms with van der Waals surface area (Å²) in [6, 6.07) is 19.4. The van der Waals surface area contributed by atoms with Crippen molar-refractivity contribution in [1.82, 2.24) is 15.3 Å². The molecule has 0 bridgehead atoms. The average molecular weight is 332 g/mol. The Bertz CT molecular complexity index is 878. The second kappa shape index (κ2) is 7.57. The molecule has 0 unspecified atom stereocenters. The molecule has 0 saturated heterocycles. The first-order chi connectivity index (χ1) is 12.1. The molecular weight excluding hydrogens is 312 g/mol. The summed E-state index contributed by atoms with van der Waals surface area (Å²) >= 11 is 0. The maximum atomic E-state index is 12.4. The zero-order chi connectivity index (χ0) is 17.6. The minimum absolute atomic E-state index is 0.221. The SMILES string of the molecule is Cc1cccc(Nc2nc(C)cc(C(=O)NCc3ccccc3)n2)c1. The van der Waals surface area contributed by atoms with Crippen molar-refractivity contribution in [1.29, 1.82) is 0 Å². The Morgan fingerprint density at radius 1 is 0.960 bits per heavy atom. The van der Waals surface area contributed by atoms with Gasteiger partial charge >= 0.3 is 0 Å². The number of hydrogen-bond acceptors (Lipinski definition) is 4. The molecule has 1 aromatic heterocycles. The van der Waals surface area contributed by atoms with Gasteiger partial charge in [-0.2, -0.15) is 0 Å². The Kier molecular flexibility index (Phi) is 5.04. The molecule has 0 atom stereocenters. The Hall–Kier alpha value is -3.21. The van der Waals surface area contributed by atoms with E-state index in [1.54, 1.807) is 6.07 Å². The van der Waals surface area contributed by atoms with E-state index in [9.17, 15) is 4.79 Å². The lowest BCUT2D eigenvalue weighted by molar-refractivity contribution is 0.0945. The van der Waals surface area contributed by atoms with E-state index in [2.05, 4.69) is 20.6 Å². The first kappa shape index (κ1) is 16.6. The van der Waals surface area contributed by atoms with E-state index in [-0.39, 0.29) is 5.91 Å². The molecule has 5 nitrogen and oxygen atoms in total. The minimum atomic E-state index is -0.221. The lowest BCUT2D eigenvalue weighted by Crippen LogP contribution is -2.24. The lowest BCUT2D eigenvalue weighted by atomic mass is 10.2. The van der Waals surface area contributed by atoms with Gasteiger partial charge in [0.15, 0.2) is 0 Å². The summed E-state index contributed by atoms with van der Waals surface area (Å²) < 4.78 is 0. The van der Waals surface area contributed by atoms with Crippen molar-refractivity contribution in [3.8, 4) is 0 Å². The van der Waals surface area contributed by atoms with Crippen LogP contribution in [0.1, 0.15) is 27.3 Å². The molecule has 1 amide bonds. The molecule has 3 aromatic rings. The number of aryl methyl sites for hydroxylation is 2. The highest BCUT2D eigenvalue weighted by Gasteiger charge is 2.10. The van der Waals surface area contributed by atoms with Gasteiger partial charge in [-0.25, -0.2) is 9.97 Å². The van der Waals surface area contributed by atoms with Crippen LogP contribution in [0.25, 0.3) is 0 Å². The van der Waals surface area contributed by atoms with Crippen LogP contribution in [0.15, 0.2) is 60.7 Å². The van der Waals surface area contributed by atoms with Crippen molar-refractivity contribution in [3.05, 3.63) is 83.2 Å². The van der Waals surface area contributed by atoms with Gasteiger partial charge < -0.3 is 10.6 Å². The number of hydrogen-bond donors (Lipinski definition) is 2. The van der Waals surface area contributed by atoms with Crippen LogP contribution in [0.4, 0.5) is 11.6 Å². The molecule has 0 aliphatic rings. The van der Waals surface area contributed by atoms with Gasteiger partial charge in [0.2, 0.25) is 5.95 Å². The highest BCUT2D eigenvalue weighted by Crippen LogP contribution is 2.15. The number of aromatic nitrogens is 2. The van der Waals surface area contributed by atoms with Gasteiger partial charge in [0, 0.05) is 17.9 Å². The van der Waals surface area contributed by atoms with Crippen LogP contribution in [0, 0.1) is 13.8 Å². The molecule has 0 radical (unpaired) electrons. The molecule has 3 rings (SSSR count). The summed E-state index contributed by atoms with van der Waals surface area (Å²) in [5.74, 6) is 0.192. The van der Waals surface area contributed by atoms with Crippen LogP contribution in [-0.4, -0.2) is 15.9 Å². The number of carbonyl (C=O) groups excluding carboxylic acids is 1. The highest BCUT2D eigenvalue weighted by atomic mass is 16.1. The topological polar surface area (TPSA) is 66.9 Å². The Balaban J connectivity index is 1.73. The third-order valence-corrected chi connectivity index (χ3v) is 3.66. The van der Waals surface area contributed by atoms with Gasteiger partial charge in [0.25, 0.3) is 5.91 Å². The van der Waals surface area contributed by atoms with Gasteiger partial charge in [-0.15, -0.1) is 0 Å².